The lowest BCUT2D eigenvalue weighted by Crippen LogP contribution is -2.55. The molecule has 6 rings (SSSR count). The molecular formula is C50H28F12O18. The topological polar surface area (TPSA) is 317 Å². The summed E-state index contributed by atoms with van der Waals surface area (Å²) in [4.78, 5) is 90.3. The lowest BCUT2D eigenvalue weighted by Gasteiger charge is -2.38. The van der Waals surface area contributed by atoms with Crippen molar-refractivity contribution >= 4 is 47.8 Å². The first-order valence-electron chi connectivity index (χ1n) is 21.1. The third-order valence-corrected chi connectivity index (χ3v) is 11.5. The monoisotopic (exact) mass is 1140 g/mol. The second kappa shape index (κ2) is 22.1. The van der Waals surface area contributed by atoms with Crippen molar-refractivity contribution in [3.05, 3.63) is 188 Å². The fourth-order valence-corrected chi connectivity index (χ4v) is 7.96. The van der Waals surface area contributed by atoms with Gasteiger partial charge in [0.05, 0.1) is 44.5 Å². The smallest absolute Gasteiger partial charge is 0.411 e. The van der Waals surface area contributed by atoms with Crippen LogP contribution in [0.5, 0.6) is 23.0 Å². The van der Waals surface area contributed by atoms with Gasteiger partial charge in [-0.2, -0.15) is 52.7 Å². The van der Waals surface area contributed by atoms with Gasteiger partial charge in [0, 0.05) is 0 Å². The zero-order valence-corrected chi connectivity index (χ0v) is 38.7. The molecule has 8 N–H and O–H groups in total. The highest BCUT2D eigenvalue weighted by molar-refractivity contribution is 6.04. The minimum absolute atomic E-state index is 0.0996. The second-order valence-electron chi connectivity index (χ2n) is 16.1. The molecule has 0 aliphatic carbocycles. The largest absolute Gasteiger partial charge is 0.478 e. The highest BCUT2D eigenvalue weighted by Gasteiger charge is 2.74. The van der Waals surface area contributed by atoms with Gasteiger partial charge in [0.2, 0.25) is 10.8 Å². The Labute approximate surface area is 435 Å². The summed E-state index contributed by atoms with van der Waals surface area (Å²) in [6.45, 7) is 0. The summed E-state index contributed by atoms with van der Waals surface area (Å²) in [6.07, 6.45) is -24.5. The van der Waals surface area contributed by atoms with Crippen molar-refractivity contribution in [2.24, 2.45) is 0 Å². The van der Waals surface area contributed by atoms with Crippen LogP contribution in [-0.4, -0.2) is 113 Å². The molecule has 6 aromatic carbocycles. The number of carbonyl (C=O) groups is 8. The summed E-state index contributed by atoms with van der Waals surface area (Å²) in [5.74, 6) is -15.7. The molecule has 0 saturated heterocycles. The minimum atomic E-state index is -6.27. The Kier molecular flexibility index (Phi) is 16.7. The SMILES string of the molecule is O=C(O)c1ccc(C(c2ccc(C(=O)O)c(C(=O)O)c2)(C(F)(F)F)C(F)(F)F)cc1C(=O)O.O=C(O)c1ccc(Oc2ccc(C(c3ccc(Oc4ccc(C(=O)O)c(C(=O)O)c4)cc3)(C(F)(F)F)C(F)(F)F)cc2)cc1C(=O)O. The zero-order chi connectivity index (χ0) is 60.4. The highest BCUT2D eigenvalue weighted by Crippen LogP contribution is 2.58. The Hall–Kier alpha value is -10.2. The molecule has 0 unspecified atom stereocenters. The van der Waals surface area contributed by atoms with Gasteiger partial charge < -0.3 is 50.3 Å². The number of hydrogen-bond acceptors (Lipinski definition) is 10. The molecule has 18 nitrogen and oxygen atoms in total. The van der Waals surface area contributed by atoms with Crippen LogP contribution in [0.2, 0.25) is 0 Å². The lowest BCUT2D eigenvalue weighted by atomic mass is 9.71. The second-order valence-corrected chi connectivity index (χ2v) is 16.1. The molecule has 0 amide bonds. The van der Waals surface area contributed by atoms with E-state index in [1.54, 1.807) is 0 Å². The Morgan fingerprint density at radius 1 is 0.250 bits per heavy atom. The summed E-state index contributed by atoms with van der Waals surface area (Å²) in [6, 6.07) is 11.1. The van der Waals surface area contributed by atoms with E-state index in [4.69, 9.17) is 40.1 Å². The Bertz CT molecular complexity index is 3250. The number of benzene rings is 6. The minimum Gasteiger partial charge on any atom is -0.478 e. The van der Waals surface area contributed by atoms with E-state index in [-0.39, 0.29) is 59.4 Å². The first-order valence-corrected chi connectivity index (χ1v) is 21.1. The normalized spacial score (nSPS) is 12.1. The van der Waals surface area contributed by atoms with E-state index in [2.05, 4.69) is 0 Å². The van der Waals surface area contributed by atoms with E-state index >= 15 is 0 Å². The molecule has 6 aromatic rings. The van der Waals surface area contributed by atoms with E-state index in [0.29, 0.717) is 24.3 Å². The maximum atomic E-state index is 14.6. The van der Waals surface area contributed by atoms with Crippen LogP contribution in [0.1, 0.15) is 105 Å². The van der Waals surface area contributed by atoms with Crippen LogP contribution in [0.4, 0.5) is 52.7 Å². The molecule has 0 aliphatic rings. The molecule has 0 spiro atoms. The van der Waals surface area contributed by atoms with Crippen molar-refractivity contribution in [1.29, 1.82) is 0 Å². The average Bonchev–Trinajstić information content (AvgIpc) is 3.33. The van der Waals surface area contributed by atoms with Crippen molar-refractivity contribution in [2.75, 3.05) is 0 Å². The standard InChI is InChI=1S/C31H18F6O10.C19H10F6O8/c32-30(33,34)29(31(35,36)37,15-1-5-17(6-2-15)46-19-9-11-21(25(38)39)23(13-19)27(42)43)16-3-7-18(8-4-16)47-20-10-12-22(26(40)41)24(14-20)28(44)45;20-18(21,22)17(19(23,24)25,7-1-3-9(13(26)27)11(5-7)15(30)31)8-2-4-10(14(28)29)12(6-8)16(32)33/h1-14H,(H,38,39)(H,40,41)(H,42,43)(H,44,45);1-6H,(H,26,27)(H,28,29)(H,30,31)(H,32,33). The van der Waals surface area contributed by atoms with Gasteiger partial charge in [-0.3, -0.25) is 0 Å². The quantitative estimate of drug-likeness (QED) is 0.0418. The van der Waals surface area contributed by atoms with Gasteiger partial charge in [-0.1, -0.05) is 36.4 Å². The molecule has 0 saturated carbocycles. The molecule has 30 heteroatoms. The van der Waals surface area contributed by atoms with Gasteiger partial charge in [-0.05, 0) is 107 Å². The van der Waals surface area contributed by atoms with Gasteiger partial charge in [-0.25, -0.2) is 38.4 Å². The summed E-state index contributed by atoms with van der Waals surface area (Å²) in [5.41, 5.74) is -23.2. The molecule has 0 fully saturated rings. The number of carboxylic acids is 8. The van der Waals surface area contributed by atoms with Crippen LogP contribution < -0.4 is 9.47 Å². The fourth-order valence-electron chi connectivity index (χ4n) is 7.96. The Morgan fingerprint density at radius 3 is 0.662 bits per heavy atom. The maximum Gasteiger partial charge on any atom is 0.411 e. The highest BCUT2D eigenvalue weighted by atomic mass is 19.4. The predicted molar refractivity (Wildman–Crippen MR) is 240 cm³/mol. The van der Waals surface area contributed by atoms with Gasteiger partial charge in [0.1, 0.15) is 23.0 Å². The van der Waals surface area contributed by atoms with Crippen LogP contribution >= 0.6 is 0 Å². The van der Waals surface area contributed by atoms with Crippen LogP contribution in [0.15, 0.2) is 121 Å². The average molecular weight is 1140 g/mol. The number of hydrogen-bond donors (Lipinski definition) is 8. The molecular weight excluding hydrogens is 1120 g/mol. The molecule has 0 bridgehead atoms. The molecule has 0 aliphatic heterocycles. The van der Waals surface area contributed by atoms with E-state index < -0.39 is 150 Å². The van der Waals surface area contributed by atoms with Crippen LogP contribution in [0.25, 0.3) is 0 Å². The zero-order valence-electron chi connectivity index (χ0n) is 38.7. The lowest BCUT2D eigenvalue weighted by molar-refractivity contribution is -0.290. The third kappa shape index (κ3) is 11.6. The number of carboxylic acid groups (broad SMARTS) is 8. The molecule has 420 valence electrons. The van der Waals surface area contributed by atoms with Crippen molar-refractivity contribution in [3.8, 4) is 23.0 Å². The number of rotatable bonds is 16. The predicted octanol–water partition coefficient (Wildman–Crippen LogP) is 11.4. The van der Waals surface area contributed by atoms with Crippen molar-refractivity contribution in [1.82, 2.24) is 0 Å². The van der Waals surface area contributed by atoms with E-state index in [0.717, 1.165) is 60.7 Å². The maximum absolute atomic E-state index is 14.6. The summed E-state index contributed by atoms with van der Waals surface area (Å²) in [5, 5.41) is 73.0. The number of halogens is 12. The summed E-state index contributed by atoms with van der Waals surface area (Å²) in [7, 11) is 0. The van der Waals surface area contributed by atoms with Crippen LogP contribution in [0.3, 0.4) is 0 Å². The first kappa shape index (κ1) is 60.7. The molecule has 0 atom stereocenters. The van der Waals surface area contributed by atoms with E-state index in [1.165, 1.54) is 0 Å². The Balaban J connectivity index is 0.000000313. The van der Waals surface area contributed by atoms with Crippen LogP contribution in [-0.2, 0) is 10.8 Å². The molecule has 0 radical (unpaired) electrons. The van der Waals surface area contributed by atoms with Gasteiger partial charge in [0.25, 0.3) is 0 Å². The number of aromatic carboxylic acids is 8. The van der Waals surface area contributed by atoms with Crippen molar-refractivity contribution in [3.63, 3.8) is 0 Å². The van der Waals surface area contributed by atoms with Crippen molar-refractivity contribution < 1.29 is 141 Å². The fraction of sp³-hybridized carbons (Fsp3) is 0.120. The summed E-state index contributed by atoms with van der Waals surface area (Å²) < 4.78 is 183. The van der Waals surface area contributed by atoms with E-state index in [1.807, 2.05) is 0 Å². The van der Waals surface area contributed by atoms with Gasteiger partial charge in [0.15, 0.2) is 0 Å². The first-order chi connectivity index (χ1) is 36.8. The summed E-state index contributed by atoms with van der Waals surface area (Å²) >= 11 is 0. The van der Waals surface area contributed by atoms with E-state index in [9.17, 15) is 101 Å². The number of ether oxygens (including phenoxy) is 2. The molecule has 0 heterocycles. The molecule has 80 heavy (non-hydrogen) atoms. The molecule has 0 aromatic heterocycles. The van der Waals surface area contributed by atoms with Crippen LogP contribution in [0, 0.1) is 0 Å². The number of alkyl halides is 12. The third-order valence-electron chi connectivity index (χ3n) is 11.5. The van der Waals surface area contributed by atoms with Gasteiger partial charge in [-0.15, -0.1) is 0 Å². The Morgan fingerprint density at radius 2 is 0.438 bits per heavy atom. The van der Waals surface area contributed by atoms with Crippen molar-refractivity contribution in [2.45, 2.75) is 35.5 Å². The van der Waals surface area contributed by atoms with Gasteiger partial charge >= 0.3 is 72.5 Å².